The quantitative estimate of drug-likeness (QED) is 0.688. The third-order valence-electron chi connectivity index (χ3n) is 3.72. The SMILES string of the molecule is COCCN(CCOC)C(=O)N(CC(=O)O)C1CCCC1. The highest BCUT2D eigenvalue weighted by molar-refractivity contribution is 5.80. The van der Waals surface area contributed by atoms with Crippen molar-refractivity contribution in [2.24, 2.45) is 0 Å². The van der Waals surface area contributed by atoms with Crippen LogP contribution in [0.2, 0.25) is 0 Å². The summed E-state index contributed by atoms with van der Waals surface area (Å²) in [5, 5.41) is 9.07. The summed E-state index contributed by atoms with van der Waals surface area (Å²) in [6, 6.07) is -0.209. The number of methoxy groups -OCH3 is 2. The molecule has 7 heteroatoms. The van der Waals surface area contributed by atoms with Gasteiger partial charge < -0.3 is 24.4 Å². The predicted octanol–water partition coefficient (Wildman–Crippen LogP) is 1.03. The van der Waals surface area contributed by atoms with E-state index >= 15 is 0 Å². The van der Waals surface area contributed by atoms with Crippen molar-refractivity contribution >= 4 is 12.0 Å². The first-order valence-corrected chi connectivity index (χ1v) is 7.35. The van der Waals surface area contributed by atoms with E-state index in [0.29, 0.717) is 26.3 Å². The largest absolute Gasteiger partial charge is 0.480 e. The summed E-state index contributed by atoms with van der Waals surface area (Å²) in [4.78, 5) is 26.8. The molecule has 0 atom stereocenters. The van der Waals surface area contributed by atoms with Gasteiger partial charge in [-0.3, -0.25) is 4.79 Å². The molecule has 7 nitrogen and oxygen atoms in total. The molecule has 0 aromatic carbocycles. The van der Waals surface area contributed by atoms with E-state index in [4.69, 9.17) is 14.6 Å². The van der Waals surface area contributed by atoms with E-state index in [1.54, 1.807) is 19.1 Å². The van der Waals surface area contributed by atoms with E-state index in [0.717, 1.165) is 25.7 Å². The number of carbonyl (C=O) groups excluding carboxylic acids is 1. The highest BCUT2D eigenvalue weighted by atomic mass is 16.5. The number of carboxylic acids is 1. The van der Waals surface area contributed by atoms with E-state index in [2.05, 4.69) is 0 Å². The highest BCUT2D eigenvalue weighted by Crippen LogP contribution is 2.24. The molecule has 1 N–H and O–H groups in total. The number of carboxylic acid groups (broad SMARTS) is 1. The Morgan fingerprint density at radius 2 is 1.62 bits per heavy atom. The van der Waals surface area contributed by atoms with E-state index < -0.39 is 5.97 Å². The molecule has 0 unspecified atom stereocenters. The van der Waals surface area contributed by atoms with Crippen LogP contribution in [0.4, 0.5) is 4.79 Å². The van der Waals surface area contributed by atoms with Crippen LogP contribution in [0.25, 0.3) is 0 Å². The number of rotatable bonds is 9. The molecule has 0 aromatic rings. The van der Waals surface area contributed by atoms with E-state index in [-0.39, 0.29) is 18.6 Å². The van der Waals surface area contributed by atoms with Crippen LogP contribution in [0, 0.1) is 0 Å². The van der Waals surface area contributed by atoms with Gasteiger partial charge >= 0.3 is 12.0 Å². The normalized spacial score (nSPS) is 15.1. The molecule has 0 heterocycles. The molecule has 0 spiro atoms. The summed E-state index contributed by atoms with van der Waals surface area (Å²) in [5.41, 5.74) is 0. The number of amides is 2. The molecule has 0 bridgehead atoms. The van der Waals surface area contributed by atoms with Gasteiger partial charge in [-0.25, -0.2) is 4.79 Å². The summed E-state index contributed by atoms with van der Waals surface area (Å²) in [5.74, 6) is -0.978. The molecule has 2 amide bonds. The molecular weight excluding hydrogens is 276 g/mol. The number of hydrogen-bond donors (Lipinski definition) is 1. The van der Waals surface area contributed by atoms with Crippen LogP contribution in [0.5, 0.6) is 0 Å². The van der Waals surface area contributed by atoms with Crippen LogP contribution in [-0.2, 0) is 14.3 Å². The zero-order chi connectivity index (χ0) is 15.7. The zero-order valence-corrected chi connectivity index (χ0v) is 12.9. The van der Waals surface area contributed by atoms with Crippen molar-refractivity contribution in [1.82, 2.24) is 9.80 Å². The van der Waals surface area contributed by atoms with Crippen LogP contribution in [-0.4, -0.2) is 80.0 Å². The van der Waals surface area contributed by atoms with Gasteiger partial charge in [0.05, 0.1) is 13.2 Å². The number of carbonyl (C=O) groups is 2. The minimum absolute atomic E-state index is 0.0289. The lowest BCUT2D eigenvalue weighted by Crippen LogP contribution is -2.51. The second kappa shape index (κ2) is 9.57. The summed E-state index contributed by atoms with van der Waals surface area (Å²) in [7, 11) is 3.15. The Labute approximate surface area is 125 Å². The summed E-state index contributed by atoms with van der Waals surface area (Å²) >= 11 is 0. The smallest absolute Gasteiger partial charge is 0.323 e. The van der Waals surface area contributed by atoms with Crippen molar-refractivity contribution in [3.8, 4) is 0 Å². The van der Waals surface area contributed by atoms with Gasteiger partial charge in [0.15, 0.2) is 0 Å². The van der Waals surface area contributed by atoms with Gasteiger partial charge in [0.2, 0.25) is 0 Å². The number of urea groups is 1. The first-order chi connectivity index (χ1) is 10.1. The molecule has 1 aliphatic rings. The maximum Gasteiger partial charge on any atom is 0.323 e. The third-order valence-corrected chi connectivity index (χ3v) is 3.72. The fraction of sp³-hybridized carbons (Fsp3) is 0.857. The van der Waals surface area contributed by atoms with Gasteiger partial charge in [0, 0.05) is 33.4 Å². The predicted molar refractivity (Wildman–Crippen MR) is 77.3 cm³/mol. The molecule has 0 radical (unpaired) electrons. The van der Waals surface area contributed by atoms with Gasteiger partial charge in [-0.05, 0) is 12.8 Å². The molecule has 1 rings (SSSR count). The Kier molecular flexibility index (Phi) is 8.07. The van der Waals surface area contributed by atoms with Gasteiger partial charge in [-0.2, -0.15) is 0 Å². The summed E-state index contributed by atoms with van der Waals surface area (Å²) in [6.07, 6.45) is 3.84. The van der Waals surface area contributed by atoms with Crippen LogP contribution >= 0.6 is 0 Å². The number of nitrogens with zero attached hydrogens (tertiary/aromatic N) is 2. The Balaban J connectivity index is 2.74. The number of ether oxygens (including phenoxy) is 2. The van der Waals surface area contributed by atoms with Crippen molar-refractivity contribution in [2.45, 2.75) is 31.7 Å². The monoisotopic (exact) mass is 302 g/mol. The second-order valence-corrected chi connectivity index (χ2v) is 5.22. The lowest BCUT2D eigenvalue weighted by Gasteiger charge is -2.33. The number of hydrogen-bond acceptors (Lipinski definition) is 4. The molecule has 0 aliphatic heterocycles. The number of aliphatic carboxylic acids is 1. The molecule has 1 aliphatic carbocycles. The lowest BCUT2D eigenvalue weighted by atomic mass is 10.2. The fourth-order valence-corrected chi connectivity index (χ4v) is 2.60. The zero-order valence-electron chi connectivity index (χ0n) is 12.9. The molecule has 21 heavy (non-hydrogen) atoms. The topological polar surface area (TPSA) is 79.3 Å². The first kappa shape index (κ1) is 17.7. The van der Waals surface area contributed by atoms with Crippen LogP contribution in [0.1, 0.15) is 25.7 Å². The molecular formula is C14H26N2O5. The van der Waals surface area contributed by atoms with Crippen molar-refractivity contribution in [2.75, 3.05) is 47.1 Å². The summed E-state index contributed by atoms with van der Waals surface area (Å²) in [6.45, 7) is 1.45. The molecule has 0 saturated heterocycles. The first-order valence-electron chi connectivity index (χ1n) is 7.35. The Bertz CT molecular complexity index is 323. The van der Waals surface area contributed by atoms with Crippen LogP contribution in [0.15, 0.2) is 0 Å². The molecule has 1 saturated carbocycles. The minimum Gasteiger partial charge on any atom is -0.480 e. The van der Waals surface area contributed by atoms with Crippen molar-refractivity contribution in [1.29, 1.82) is 0 Å². The molecule has 1 fully saturated rings. The molecule has 122 valence electrons. The standard InChI is InChI=1S/C14H26N2O5/c1-20-9-7-15(8-10-21-2)14(19)16(11-13(17)18)12-5-3-4-6-12/h12H,3-11H2,1-2H3,(H,17,18). The van der Waals surface area contributed by atoms with Crippen LogP contribution < -0.4 is 0 Å². The molecule has 0 aromatic heterocycles. The van der Waals surface area contributed by atoms with E-state index in [9.17, 15) is 9.59 Å². The maximum atomic E-state index is 12.7. The maximum absolute atomic E-state index is 12.7. The lowest BCUT2D eigenvalue weighted by molar-refractivity contribution is -0.138. The second-order valence-electron chi connectivity index (χ2n) is 5.22. The van der Waals surface area contributed by atoms with Crippen molar-refractivity contribution in [3.05, 3.63) is 0 Å². The van der Waals surface area contributed by atoms with E-state index in [1.165, 1.54) is 4.90 Å². The average Bonchev–Trinajstić information content (AvgIpc) is 2.98. The van der Waals surface area contributed by atoms with Crippen LogP contribution in [0.3, 0.4) is 0 Å². The van der Waals surface area contributed by atoms with Crippen molar-refractivity contribution in [3.63, 3.8) is 0 Å². The van der Waals surface area contributed by atoms with Gasteiger partial charge in [-0.1, -0.05) is 12.8 Å². The van der Waals surface area contributed by atoms with Gasteiger partial charge in [0.25, 0.3) is 0 Å². The summed E-state index contributed by atoms with van der Waals surface area (Å²) < 4.78 is 10.0. The fourth-order valence-electron chi connectivity index (χ4n) is 2.60. The Hall–Kier alpha value is -1.34. The van der Waals surface area contributed by atoms with Crippen molar-refractivity contribution < 1.29 is 24.2 Å². The Morgan fingerprint density at radius 3 is 2.05 bits per heavy atom. The minimum atomic E-state index is -0.978. The Morgan fingerprint density at radius 1 is 1.10 bits per heavy atom. The van der Waals surface area contributed by atoms with E-state index in [1.807, 2.05) is 0 Å². The van der Waals surface area contributed by atoms with Gasteiger partial charge in [-0.15, -0.1) is 0 Å². The average molecular weight is 302 g/mol. The highest BCUT2D eigenvalue weighted by Gasteiger charge is 2.31. The third kappa shape index (κ3) is 5.89. The van der Waals surface area contributed by atoms with Gasteiger partial charge in [0.1, 0.15) is 6.54 Å².